The molecule has 58 heavy (non-hydrogen) atoms. The van der Waals surface area contributed by atoms with Gasteiger partial charge >= 0.3 is 5.97 Å². The van der Waals surface area contributed by atoms with Crippen molar-refractivity contribution >= 4 is 70.7 Å². The molecule has 6 N–H and O–H groups in total. The lowest BCUT2D eigenvalue weighted by atomic mass is 10.1. The number of carbonyl (C=O) groups excluding carboxylic acids is 3. The van der Waals surface area contributed by atoms with Crippen LogP contribution in [0.1, 0.15) is 78.6 Å². The number of carbonyl (C=O) groups is 4. The fourth-order valence-corrected chi connectivity index (χ4v) is 5.67. The highest BCUT2D eigenvalue weighted by molar-refractivity contribution is 6.33. The molecule has 13 nitrogen and oxygen atoms in total. The molecule has 3 amide bonds. The zero-order chi connectivity index (χ0) is 40.6. The van der Waals surface area contributed by atoms with Gasteiger partial charge in [0.2, 0.25) is 11.5 Å². The Morgan fingerprint density at radius 1 is 0.655 bits per heavy atom. The maximum atomic E-state index is 12.6. The molecule has 0 saturated heterocycles. The molecule has 300 valence electrons. The van der Waals surface area contributed by atoms with Crippen LogP contribution < -0.4 is 21.7 Å². The lowest BCUT2D eigenvalue weighted by Gasteiger charge is -2.10. The van der Waals surface area contributed by atoms with Crippen LogP contribution in [0.4, 0.5) is 11.4 Å². The molecule has 2 fully saturated rings. The van der Waals surface area contributed by atoms with Gasteiger partial charge in [0.1, 0.15) is 11.4 Å². The molecular weight excluding hydrogens is 807 g/mol. The van der Waals surface area contributed by atoms with E-state index in [0.717, 1.165) is 36.8 Å². The fraction of sp³-hybridized carbons (Fsp3) is 0.190. The van der Waals surface area contributed by atoms with E-state index in [4.69, 9.17) is 38.6 Å². The van der Waals surface area contributed by atoms with Gasteiger partial charge in [-0.3, -0.25) is 14.4 Å². The van der Waals surface area contributed by atoms with Crippen molar-refractivity contribution in [1.29, 1.82) is 0 Å². The van der Waals surface area contributed by atoms with Gasteiger partial charge in [-0.15, -0.1) is 12.4 Å². The van der Waals surface area contributed by atoms with Gasteiger partial charge in [-0.25, -0.2) is 4.79 Å². The normalized spacial score (nSPS) is 12.7. The van der Waals surface area contributed by atoms with Crippen molar-refractivity contribution in [1.82, 2.24) is 20.9 Å². The Bertz CT molecular complexity index is 2440. The van der Waals surface area contributed by atoms with E-state index in [0.29, 0.717) is 61.1 Å². The van der Waals surface area contributed by atoms with Gasteiger partial charge in [-0.05, 0) is 87.1 Å². The van der Waals surface area contributed by atoms with Gasteiger partial charge in [-0.2, -0.15) is 0 Å². The summed E-state index contributed by atoms with van der Waals surface area (Å²) >= 11 is 12.1. The summed E-state index contributed by atoms with van der Waals surface area (Å²) in [5, 5.41) is 25.9. The summed E-state index contributed by atoms with van der Waals surface area (Å²) in [6, 6.07) is 28.3. The van der Waals surface area contributed by atoms with Crippen LogP contribution in [0.15, 0.2) is 106 Å². The molecule has 16 heteroatoms. The summed E-state index contributed by atoms with van der Waals surface area (Å²) in [5.74, 6) is -1.90. The first-order valence-electron chi connectivity index (χ1n) is 17.9. The van der Waals surface area contributed by atoms with E-state index in [2.05, 4.69) is 30.8 Å². The average molecular weight is 846 g/mol. The molecule has 0 spiro atoms. The summed E-state index contributed by atoms with van der Waals surface area (Å²) in [6.45, 7) is 3.78. The number of benzene rings is 4. The molecular formula is C42H39Cl3N6O7. The van der Waals surface area contributed by atoms with Crippen LogP contribution in [0.2, 0.25) is 10.0 Å². The quantitative estimate of drug-likeness (QED) is 0.0874. The summed E-state index contributed by atoms with van der Waals surface area (Å²) in [7, 11) is 0. The number of amides is 3. The second-order valence-corrected chi connectivity index (χ2v) is 14.3. The number of nitrogens with one attached hydrogen (secondary N) is 3. The largest absolute Gasteiger partial charge is 0.475 e. The van der Waals surface area contributed by atoms with Crippen molar-refractivity contribution in [3.8, 4) is 22.5 Å². The molecule has 0 unspecified atom stereocenters. The molecule has 0 bridgehead atoms. The van der Waals surface area contributed by atoms with Crippen molar-refractivity contribution in [3.05, 3.63) is 141 Å². The first kappa shape index (κ1) is 43.0. The van der Waals surface area contributed by atoms with Gasteiger partial charge in [-0.1, -0.05) is 82.0 Å². The summed E-state index contributed by atoms with van der Waals surface area (Å²) in [6.07, 6.45) is 4.24. The molecule has 2 aromatic heterocycles. The molecule has 2 saturated carbocycles. The second kappa shape index (κ2) is 19.3. The van der Waals surface area contributed by atoms with E-state index in [1.807, 2.05) is 38.1 Å². The van der Waals surface area contributed by atoms with Gasteiger partial charge < -0.3 is 35.8 Å². The lowest BCUT2D eigenvalue weighted by Crippen LogP contribution is -2.25. The molecule has 6 aromatic rings. The Morgan fingerprint density at radius 2 is 1.12 bits per heavy atom. The van der Waals surface area contributed by atoms with E-state index in [1.54, 1.807) is 60.7 Å². The molecule has 0 atom stereocenters. The minimum absolute atomic E-state index is 0. The number of nitrogen functional groups attached to an aromatic ring is 1. The number of nitrogens with zero attached hydrogens (tertiary/aromatic N) is 2. The van der Waals surface area contributed by atoms with Crippen LogP contribution in [0.5, 0.6) is 0 Å². The van der Waals surface area contributed by atoms with E-state index >= 15 is 0 Å². The number of hydrogen-bond donors (Lipinski definition) is 5. The standard InChI is InChI=1S/C21H18ClN3O3.C11H14N2O.C10H6ClNO3.ClH/c1-12-6-7-13(20(26)23-14-8-9-14)10-17(12)24-21(27)19-11-18(25-28-19)15-4-2-3-5-16(15)22;1-7-2-3-8(6-10(7)12)11(14)13-9-4-5-9;11-7-4-2-1-3-6(7)8-5-9(10(13)14)15-12-8;/h2-7,10-11,14H,8-9H2,1H3,(H,23,26)(H,24,27);2-3,6,9H,4-5,12H2,1H3,(H,13,14);1-5H,(H,13,14);1H. The molecule has 8 rings (SSSR count). The maximum Gasteiger partial charge on any atom is 0.374 e. The molecule has 2 aliphatic rings. The topological polar surface area (TPSA) is 203 Å². The van der Waals surface area contributed by atoms with Gasteiger partial charge in [0.05, 0.1) is 10.0 Å². The smallest absolute Gasteiger partial charge is 0.374 e. The molecule has 0 radical (unpaired) electrons. The highest BCUT2D eigenvalue weighted by Crippen LogP contribution is 2.29. The van der Waals surface area contributed by atoms with E-state index in [9.17, 15) is 19.2 Å². The first-order valence-corrected chi connectivity index (χ1v) is 18.7. The number of halogens is 3. The summed E-state index contributed by atoms with van der Waals surface area (Å²) in [5.41, 5.74) is 12.2. The number of rotatable bonds is 9. The molecule has 4 aromatic carbocycles. The van der Waals surface area contributed by atoms with Crippen LogP contribution >= 0.6 is 35.6 Å². The Labute approximate surface area is 349 Å². The van der Waals surface area contributed by atoms with Gasteiger partial charge in [0.15, 0.2) is 0 Å². The third-order valence-electron chi connectivity index (χ3n) is 8.87. The van der Waals surface area contributed by atoms with Crippen molar-refractivity contribution in [2.45, 2.75) is 51.6 Å². The number of carboxylic acids is 1. The van der Waals surface area contributed by atoms with E-state index in [-0.39, 0.29) is 41.8 Å². The summed E-state index contributed by atoms with van der Waals surface area (Å²) in [4.78, 5) is 47.0. The minimum Gasteiger partial charge on any atom is -0.475 e. The number of aromatic nitrogens is 2. The van der Waals surface area contributed by atoms with Crippen LogP contribution in [0.3, 0.4) is 0 Å². The highest BCUT2D eigenvalue weighted by atomic mass is 35.5. The van der Waals surface area contributed by atoms with Crippen molar-refractivity contribution in [3.63, 3.8) is 0 Å². The molecule has 0 aliphatic heterocycles. The van der Waals surface area contributed by atoms with Crippen LogP contribution in [-0.4, -0.2) is 51.2 Å². The van der Waals surface area contributed by atoms with Gasteiger partial charge in [0, 0.05) is 57.8 Å². The van der Waals surface area contributed by atoms with Gasteiger partial charge in [0.25, 0.3) is 17.7 Å². The Balaban J connectivity index is 0.000000180. The zero-order valence-electron chi connectivity index (χ0n) is 31.3. The lowest BCUT2D eigenvalue weighted by molar-refractivity contribution is 0.0651. The third-order valence-corrected chi connectivity index (χ3v) is 9.53. The van der Waals surface area contributed by atoms with Crippen LogP contribution in [0, 0.1) is 13.8 Å². The number of anilines is 2. The van der Waals surface area contributed by atoms with Crippen LogP contribution in [-0.2, 0) is 0 Å². The second-order valence-electron chi connectivity index (χ2n) is 13.5. The van der Waals surface area contributed by atoms with E-state index < -0.39 is 11.9 Å². The van der Waals surface area contributed by atoms with Crippen molar-refractivity contribution in [2.75, 3.05) is 11.1 Å². The van der Waals surface area contributed by atoms with Crippen molar-refractivity contribution < 1.29 is 33.3 Å². The maximum absolute atomic E-state index is 12.6. The number of aromatic carboxylic acids is 1. The number of carboxylic acid groups (broad SMARTS) is 1. The fourth-order valence-electron chi connectivity index (χ4n) is 5.21. The first-order chi connectivity index (χ1) is 27.4. The number of nitrogens with two attached hydrogens (primary N) is 1. The monoisotopic (exact) mass is 844 g/mol. The zero-order valence-corrected chi connectivity index (χ0v) is 33.6. The Hall–Kier alpha value is -6.15. The van der Waals surface area contributed by atoms with Crippen LogP contribution in [0.25, 0.3) is 22.5 Å². The average Bonchev–Trinajstić information content (AvgIpc) is 4.08. The predicted molar refractivity (Wildman–Crippen MR) is 224 cm³/mol. The third kappa shape index (κ3) is 11.5. The summed E-state index contributed by atoms with van der Waals surface area (Å²) < 4.78 is 9.81. The Kier molecular flexibility index (Phi) is 14.3. The Morgan fingerprint density at radius 3 is 1.59 bits per heavy atom. The molecule has 2 aliphatic carbocycles. The minimum atomic E-state index is -1.15. The molecule has 2 heterocycles. The van der Waals surface area contributed by atoms with Crippen molar-refractivity contribution in [2.24, 2.45) is 0 Å². The number of aryl methyl sites for hydroxylation is 2. The SMILES string of the molecule is Cc1ccc(C(=O)NC2CC2)cc1N.Cc1ccc(C(=O)NC2CC2)cc1NC(=O)c1cc(-c2ccccc2Cl)no1.Cl.O=C(O)c1cc(-c2ccccc2Cl)no1. The number of hydrogen-bond acceptors (Lipinski definition) is 9. The predicted octanol–water partition coefficient (Wildman–Crippen LogP) is 9.03. The highest BCUT2D eigenvalue weighted by Gasteiger charge is 2.25. The van der Waals surface area contributed by atoms with E-state index in [1.165, 1.54) is 12.1 Å².